The van der Waals surface area contributed by atoms with Gasteiger partial charge < -0.3 is 24.5 Å². The molecule has 0 radical (unpaired) electrons. The summed E-state index contributed by atoms with van der Waals surface area (Å²) in [6, 6.07) is 17.2. The molecule has 0 atom stereocenters. The molecule has 3 aromatic rings. The number of furan rings is 1. The first kappa shape index (κ1) is 23.1. The number of carbonyl (C=O) groups is 3. The largest absolute Gasteiger partial charge is 0.493 e. The van der Waals surface area contributed by atoms with Gasteiger partial charge in [-0.25, -0.2) is 5.43 Å². The summed E-state index contributed by atoms with van der Waals surface area (Å²) in [5.74, 6) is -0.838. The van der Waals surface area contributed by atoms with Gasteiger partial charge in [-0.2, -0.15) is 5.10 Å². The molecule has 33 heavy (non-hydrogen) atoms. The highest BCUT2D eigenvalue weighted by atomic mass is 16.5. The molecule has 0 aliphatic heterocycles. The Balaban J connectivity index is 1.49. The monoisotopic (exact) mass is 450 g/mol. The van der Waals surface area contributed by atoms with Crippen molar-refractivity contribution in [1.29, 1.82) is 0 Å². The minimum atomic E-state index is -0.922. The topological polar surface area (TPSA) is 131 Å². The van der Waals surface area contributed by atoms with Crippen molar-refractivity contribution >= 4 is 29.6 Å². The van der Waals surface area contributed by atoms with E-state index < -0.39 is 11.8 Å². The summed E-state index contributed by atoms with van der Waals surface area (Å²) in [6.07, 6.45) is 2.81. The quantitative estimate of drug-likeness (QED) is 0.260. The highest BCUT2D eigenvalue weighted by molar-refractivity contribution is 6.35. The third-order valence-electron chi connectivity index (χ3n) is 4.19. The zero-order valence-corrected chi connectivity index (χ0v) is 17.7. The maximum Gasteiger partial charge on any atom is 0.329 e. The molecule has 3 amide bonds. The summed E-state index contributed by atoms with van der Waals surface area (Å²) in [5, 5.41) is 8.90. The number of nitrogens with one attached hydrogen (secondary N) is 3. The molecular weight excluding hydrogens is 428 g/mol. The highest BCUT2D eigenvalue weighted by Gasteiger charge is 2.13. The number of benzene rings is 2. The molecule has 10 nitrogen and oxygen atoms in total. The zero-order chi connectivity index (χ0) is 23.5. The Morgan fingerprint density at radius 3 is 2.55 bits per heavy atom. The first-order chi connectivity index (χ1) is 16.0. The smallest absolute Gasteiger partial charge is 0.329 e. The van der Waals surface area contributed by atoms with Gasteiger partial charge in [-0.15, -0.1) is 0 Å². The number of nitrogens with zero attached hydrogens (tertiary/aromatic N) is 1. The van der Waals surface area contributed by atoms with Crippen LogP contribution in [0.5, 0.6) is 11.5 Å². The minimum absolute atomic E-state index is 0.0883. The third kappa shape index (κ3) is 7.24. The fraction of sp³-hybridized carbons (Fsp3) is 0.130. The molecule has 2 aromatic carbocycles. The Labute approximate surface area is 189 Å². The molecule has 3 N–H and O–H groups in total. The van der Waals surface area contributed by atoms with Gasteiger partial charge in [0, 0.05) is 5.69 Å². The maximum atomic E-state index is 12.0. The molecule has 1 aromatic heterocycles. The average Bonchev–Trinajstić information content (AvgIpc) is 3.36. The van der Waals surface area contributed by atoms with Crippen molar-refractivity contribution in [3.05, 3.63) is 78.3 Å². The molecule has 0 bridgehead atoms. The second kappa shape index (κ2) is 11.7. The van der Waals surface area contributed by atoms with Crippen LogP contribution in [0.15, 0.2) is 76.4 Å². The summed E-state index contributed by atoms with van der Waals surface area (Å²) >= 11 is 0. The summed E-state index contributed by atoms with van der Waals surface area (Å²) < 4.78 is 15.9. The number of hydrogen-bond acceptors (Lipinski definition) is 7. The van der Waals surface area contributed by atoms with Crippen LogP contribution in [0.4, 0.5) is 5.69 Å². The van der Waals surface area contributed by atoms with Crippen LogP contribution in [0.1, 0.15) is 11.3 Å². The number of hydrogen-bond donors (Lipinski definition) is 3. The average molecular weight is 450 g/mol. The van der Waals surface area contributed by atoms with Crippen LogP contribution in [-0.4, -0.2) is 37.7 Å². The van der Waals surface area contributed by atoms with E-state index in [1.54, 1.807) is 42.5 Å². The van der Waals surface area contributed by atoms with Crippen molar-refractivity contribution in [3.8, 4) is 11.5 Å². The zero-order valence-electron chi connectivity index (χ0n) is 17.7. The Hall–Kier alpha value is -4.60. The highest BCUT2D eigenvalue weighted by Crippen LogP contribution is 2.27. The molecule has 0 spiro atoms. The normalized spacial score (nSPS) is 10.5. The number of methoxy groups -OCH3 is 1. The van der Waals surface area contributed by atoms with Crippen LogP contribution in [0.2, 0.25) is 0 Å². The summed E-state index contributed by atoms with van der Waals surface area (Å²) in [5.41, 5.74) is 3.38. The predicted octanol–water partition coefficient (Wildman–Crippen LogP) is 2.07. The van der Waals surface area contributed by atoms with E-state index in [2.05, 4.69) is 21.2 Å². The van der Waals surface area contributed by atoms with E-state index in [4.69, 9.17) is 13.9 Å². The number of amides is 3. The maximum absolute atomic E-state index is 12.0. The van der Waals surface area contributed by atoms with Gasteiger partial charge in [0.2, 0.25) is 0 Å². The van der Waals surface area contributed by atoms with Gasteiger partial charge in [-0.05, 0) is 48.0 Å². The molecule has 10 heteroatoms. The molecular formula is C23H22N4O6. The Morgan fingerprint density at radius 2 is 1.82 bits per heavy atom. The minimum Gasteiger partial charge on any atom is -0.493 e. The van der Waals surface area contributed by atoms with E-state index >= 15 is 0 Å². The number of hydrazone groups is 1. The Kier molecular flexibility index (Phi) is 8.18. The first-order valence-electron chi connectivity index (χ1n) is 9.84. The van der Waals surface area contributed by atoms with E-state index in [0.29, 0.717) is 28.5 Å². The molecule has 170 valence electrons. The summed E-state index contributed by atoms with van der Waals surface area (Å²) in [7, 11) is 1.46. The van der Waals surface area contributed by atoms with E-state index in [1.807, 2.05) is 18.2 Å². The van der Waals surface area contributed by atoms with E-state index in [9.17, 15) is 14.4 Å². The van der Waals surface area contributed by atoms with Crippen LogP contribution in [0, 0.1) is 0 Å². The van der Waals surface area contributed by atoms with E-state index in [1.165, 1.54) is 19.6 Å². The Morgan fingerprint density at radius 1 is 1.00 bits per heavy atom. The van der Waals surface area contributed by atoms with Gasteiger partial charge in [0.15, 0.2) is 18.1 Å². The van der Waals surface area contributed by atoms with Gasteiger partial charge in [-0.3, -0.25) is 14.4 Å². The molecule has 0 aliphatic rings. The number of para-hydroxylation sites is 1. The fourth-order valence-corrected chi connectivity index (χ4v) is 2.62. The second-order valence-electron chi connectivity index (χ2n) is 6.57. The lowest BCUT2D eigenvalue weighted by Crippen LogP contribution is -2.37. The van der Waals surface area contributed by atoms with E-state index in [-0.39, 0.29) is 19.1 Å². The number of carbonyl (C=O) groups excluding carboxylic acids is 3. The van der Waals surface area contributed by atoms with Crippen molar-refractivity contribution in [3.63, 3.8) is 0 Å². The summed E-state index contributed by atoms with van der Waals surface area (Å²) in [4.78, 5) is 35.6. The predicted molar refractivity (Wildman–Crippen MR) is 120 cm³/mol. The lowest BCUT2D eigenvalue weighted by atomic mass is 10.2. The van der Waals surface area contributed by atoms with Crippen molar-refractivity contribution in [2.75, 3.05) is 19.0 Å². The SMILES string of the molecule is COc1cc(/C=N\NC(=O)C(=O)NCc2ccco2)ccc1OCC(=O)Nc1ccccc1. The second-order valence-corrected chi connectivity index (χ2v) is 6.57. The van der Waals surface area contributed by atoms with Crippen molar-refractivity contribution in [2.45, 2.75) is 6.54 Å². The number of rotatable bonds is 9. The van der Waals surface area contributed by atoms with E-state index in [0.717, 1.165) is 0 Å². The number of anilines is 1. The van der Waals surface area contributed by atoms with Crippen LogP contribution in [0.3, 0.4) is 0 Å². The van der Waals surface area contributed by atoms with Gasteiger partial charge in [0.25, 0.3) is 5.91 Å². The molecule has 0 saturated carbocycles. The van der Waals surface area contributed by atoms with Crippen molar-refractivity contribution in [2.24, 2.45) is 5.10 Å². The molecule has 0 unspecified atom stereocenters. The standard InChI is InChI=1S/C23H22N4O6/c1-31-20-12-16(13-25-27-23(30)22(29)24-14-18-8-5-11-32-18)9-10-19(20)33-15-21(28)26-17-6-3-2-4-7-17/h2-13H,14-15H2,1H3,(H,24,29)(H,26,28)(H,27,30)/b25-13-. The van der Waals surface area contributed by atoms with Crippen LogP contribution >= 0.6 is 0 Å². The molecule has 3 rings (SSSR count). The third-order valence-corrected chi connectivity index (χ3v) is 4.19. The van der Waals surface area contributed by atoms with Gasteiger partial charge >= 0.3 is 11.8 Å². The summed E-state index contributed by atoms with van der Waals surface area (Å²) in [6.45, 7) is -0.118. The molecule has 0 aliphatic carbocycles. The van der Waals surface area contributed by atoms with Gasteiger partial charge in [0.05, 0.1) is 26.1 Å². The van der Waals surface area contributed by atoms with Crippen LogP contribution in [-0.2, 0) is 20.9 Å². The lowest BCUT2D eigenvalue weighted by Gasteiger charge is -2.11. The lowest BCUT2D eigenvalue weighted by molar-refractivity contribution is -0.139. The molecule has 1 heterocycles. The van der Waals surface area contributed by atoms with Gasteiger partial charge in [-0.1, -0.05) is 18.2 Å². The van der Waals surface area contributed by atoms with Gasteiger partial charge in [0.1, 0.15) is 5.76 Å². The molecule has 0 saturated heterocycles. The molecule has 0 fully saturated rings. The van der Waals surface area contributed by atoms with Crippen LogP contribution in [0.25, 0.3) is 0 Å². The first-order valence-corrected chi connectivity index (χ1v) is 9.84. The fourth-order valence-electron chi connectivity index (χ4n) is 2.62. The number of ether oxygens (including phenoxy) is 2. The van der Waals surface area contributed by atoms with Crippen molar-refractivity contribution < 1.29 is 28.3 Å². The Bertz CT molecular complexity index is 1110. The van der Waals surface area contributed by atoms with Crippen molar-refractivity contribution in [1.82, 2.24) is 10.7 Å². The van der Waals surface area contributed by atoms with Crippen LogP contribution < -0.4 is 25.5 Å².